The van der Waals surface area contributed by atoms with E-state index in [9.17, 15) is 73.2 Å². The summed E-state index contributed by atoms with van der Waals surface area (Å²) in [5, 5.41) is 60.8. The molecule has 10 rings (SSSR count). The highest BCUT2D eigenvalue weighted by atomic mass is 33.1. The molecular formula is C63H62N16O15S2. The van der Waals surface area contributed by atoms with Gasteiger partial charge >= 0.3 is 17.9 Å². The van der Waals surface area contributed by atoms with Crippen LogP contribution in [-0.4, -0.2) is 158 Å². The van der Waals surface area contributed by atoms with Crippen molar-refractivity contribution in [3.8, 4) is 5.75 Å². The Labute approximate surface area is 550 Å². The van der Waals surface area contributed by atoms with Crippen LogP contribution in [0.1, 0.15) is 81.1 Å². The number of phenols is 1. The monoisotopic (exact) mass is 1350 g/mol. The number of nitrogen functional groups attached to an aromatic ring is 1. The first-order valence-corrected chi connectivity index (χ1v) is 32.1. The molecule has 0 spiro atoms. The molecule has 1 aliphatic heterocycles. The van der Waals surface area contributed by atoms with E-state index < -0.39 is 103 Å². The van der Waals surface area contributed by atoms with Gasteiger partial charge in [0.25, 0.3) is 23.3 Å². The number of fused-ring (bicyclic) bond motifs is 6. The number of carboxylic acid groups (broad SMARTS) is 3. The number of nitrogens with two attached hydrogens (primary N) is 2. The van der Waals surface area contributed by atoms with Crippen LogP contribution in [0.15, 0.2) is 114 Å². The summed E-state index contributed by atoms with van der Waals surface area (Å²) in [6.45, 7) is 2.05. The molecule has 0 aliphatic carbocycles. The molecular weight excluding hydrogens is 1280 g/mol. The van der Waals surface area contributed by atoms with Crippen molar-refractivity contribution >= 4 is 153 Å². The number of carbonyl (C=O) groups is 10. The third-order valence-corrected chi connectivity index (χ3v) is 17.8. The van der Waals surface area contributed by atoms with Crippen molar-refractivity contribution in [1.29, 1.82) is 0 Å². The Bertz CT molecular complexity index is 4640. The number of amides is 7. The minimum atomic E-state index is -1.81. The normalized spacial score (nSPS) is 13.9. The smallest absolute Gasteiger partial charge is 0.327 e. The number of aromatic amines is 3. The highest BCUT2D eigenvalue weighted by Gasteiger charge is 2.35. The average molecular weight is 1350 g/mol. The molecule has 96 heavy (non-hydrogen) atoms. The molecule has 18 N–H and O–H groups in total. The maximum Gasteiger partial charge on any atom is 0.327 e. The van der Waals surface area contributed by atoms with E-state index in [0.717, 1.165) is 37.9 Å². The van der Waals surface area contributed by atoms with Crippen molar-refractivity contribution in [1.82, 2.24) is 51.2 Å². The lowest BCUT2D eigenvalue weighted by atomic mass is 9.95. The SMILES string of the molecule is CC1CN(C(=O)c2cc3cc(NC(=O)c4cc5cc(NC(=O)CCSSCC(NC(=O)C(CC(=O)O)NC(=O)C(N)CNC(=O)CCC(NC(=O)c6ccc(NCc7cnc8nc(N)[nH]c(=O)c8n7)cc6)C(=O)O)C(=O)O)ccc5[nH]4)ccc3[nH]2)c2cc(O)c3ccccc3c21. The van der Waals surface area contributed by atoms with E-state index in [4.69, 9.17) is 11.5 Å². The second-order valence-electron chi connectivity index (χ2n) is 22.3. The van der Waals surface area contributed by atoms with Crippen molar-refractivity contribution in [3.05, 3.63) is 148 Å². The van der Waals surface area contributed by atoms with Crippen molar-refractivity contribution in [2.45, 2.75) is 69.2 Å². The fourth-order valence-electron chi connectivity index (χ4n) is 10.6. The van der Waals surface area contributed by atoms with Gasteiger partial charge in [0.05, 0.1) is 30.5 Å². The predicted molar refractivity (Wildman–Crippen MR) is 357 cm³/mol. The number of phenolic OH excluding ortho intramolecular Hbond substituents is 1. The Morgan fingerprint density at radius 2 is 1.35 bits per heavy atom. The number of H-pyrrole nitrogens is 3. The Morgan fingerprint density at radius 3 is 2.05 bits per heavy atom. The summed E-state index contributed by atoms with van der Waals surface area (Å²) in [7, 11) is 2.12. The summed E-state index contributed by atoms with van der Waals surface area (Å²) in [4.78, 5) is 163. The standard InChI is InChI=1S/C63H62N16O15S2/c1-29-27-79(47-23-48(80)37-4-2-3-5-38(37)52(29)47)60(90)45-21-32-19-35(11-13-41(32)73-45)71-57(87)43-20-31-18-34(10-12-40(31)72-43)69-50(82)16-17-95-96-28-46(62(93)94)76-58(88)44(22-51(83)84)75-56(86)39(64)26-67-49(81)15-14-42(61(91)92)74-55(85)30-6-8-33(9-7-30)66-24-36-25-68-54-53(70-36)59(89)78-63(65)77-54/h2-13,18-21,23,25,29,39,42,44,46,66,72-73,80H,14-17,22,24,26-28,64H2,1H3,(H,67,81)(H,69,82)(H,71,87)(H,74,85)(H,75,86)(H,76,88)(H,83,84)(H,91,92)(H,93,94)(H3,65,68,77,78,89). The second-order valence-corrected chi connectivity index (χ2v) is 24.9. The third-order valence-electron chi connectivity index (χ3n) is 15.4. The van der Waals surface area contributed by atoms with Gasteiger partial charge in [0, 0.05) is 99.2 Å². The highest BCUT2D eigenvalue weighted by Crippen LogP contribution is 2.45. The largest absolute Gasteiger partial charge is 0.507 e. The number of hydrogen-bond acceptors (Lipinski definition) is 20. The van der Waals surface area contributed by atoms with Crippen LogP contribution in [0.5, 0.6) is 5.75 Å². The molecule has 4 aromatic heterocycles. The number of carbonyl (C=O) groups excluding carboxylic acids is 7. The first-order chi connectivity index (χ1) is 45.9. The van der Waals surface area contributed by atoms with Gasteiger partial charge in [0.2, 0.25) is 29.6 Å². The van der Waals surface area contributed by atoms with E-state index in [1.807, 2.05) is 31.2 Å². The number of rotatable bonds is 28. The molecule has 0 radical (unpaired) electrons. The number of benzene rings is 5. The zero-order valence-electron chi connectivity index (χ0n) is 50.7. The summed E-state index contributed by atoms with van der Waals surface area (Å²) < 4.78 is 0. The highest BCUT2D eigenvalue weighted by molar-refractivity contribution is 8.76. The molecule has 496 valence electrons. The van der Waals surface area contributed by atoms with E-state index >= 15 is 0 Å². The van der Waals surface area contributed by atoms with Crippen molar-refractivity contribution in [3.63, 3.8) is 0 Å². The number of hydrogen-bond donors (Lipinski definition) is 16. The van der Waals surface area contributed by atoms with E-state index in [1.165, 1.54) is 30.5 Å². The fraction of sp³-hybridized carbons (Fsp3) is 0.238. The molecule has 31 nitrogen and oxygen atoms in total. The third kappa shape index (κ3) is 16.2. The number of anilines is 5. The number of aromatic nitrogens is 6. The average Bonchev–Trinajstić information content (AvgIpc) is 1.58. The van der Waals surface area contributed by atoms with Gasteiger partial charge in [-0.3, -0.25) is 48.1 Å². The maximum atomic E-state index is 14.0. The summed E-state index contributed by atoms with van der Waals surface area (Å²) >= 11 is 0. The Balaban J connectivity index is 0.625. The van der Waals surface area contributed by atoms with Crippen LogP contribution < -0.4 is 59.1 Å². The molecule has 0 bridgehead atoms. The predicted octanol–water partition coefficient (Wildman–Crippen LogP) is 4.09. The summed E-state index contributed by atoms with van der Waals surface area (Å²) in [5.74, 6) is -9.43. The van der Waals surface area contributed by atoms with Crippen LogP contribution >= 0.6 is 21.6 Å². The molecule has 5 unspecified atom stereocenters. The van der Waals surface area contributed by atoms with Gasteiger partial charge in [-0.2, -0.15) is 4.98 Å². The Hall–Kier alpha value is -11.6. The molecule has 33 heteroatoms. The van der Waals surface area contributed by atoms with Gasteiger partial charge in [0.1, 0.15) is 41.3 Å². The summed E-state index contributed by atoms with van der Waals surface area (Å²) in [6.07, 6.45) is -0.451. The minimum Gasteiger partial charge on any atom is -0.507 e. The van der Waals surface area contributed by atoms with Gasteiger partial charge in [0.15, 0.2) is 11.2 Å². The minimum absolute atomic E-state index is 0.00957. The molecule has 7 amide bonds. The first kappa shape index (κ1) is 67.3. The quantitative estimate of drug-likeness (QED) is 0.0242. The van der Waals surface area contributed by atoms with E-state index in [2.05, 4.69) is 67.1 Å². The second kappa shape index (κ2) is 29.6. The van der Waals surface area contributed by atoms with Crippen LogP contribution in [0.25, 0.3) is 43.7 Å². The van der Waals surface area contributed by atoms with Gasteiger partial charge in [-0.1, -0.05) is 52.8 Å². The molecule has 0 saturated carbocycles. The van der Waals surface area contributed by atoms with Crippen LogP contribution in [-0.2, 0) is 40.1 Å². The first-order valence-electron chi connectivity index (χ1n) is 29.6. The van der Waals surface area contributed by atoms with Gasteiger partial charge in [-0.25, -0.2) is 19.6 Å². The molecule has 9 aromatic rings. The van der Waals surface area contributed by atoms with Crippen molar-refractivity contribution < 1.29 is 68.4 Å². The molecule has 5 aromatic carbocycles. The van der Waals surface area contributed by atoms with Crippen LogP contribution in [0.4, 0.5) is 28.7 Å². The van der Waals surface area contributed by atoms with Crippen molar-refractivity contribution in [2.24, 2.45) is 5.73 Å². The molecule has 5 heterocycles. The zero-order chi connectivity index (χ0) is 68.5. The lowest BCUT2D eigenvalue weighted by Gasteiger charge is -2.22. The number of carboxylic acids is 3. The summed E-state index contributed by atoms with van der Waals surface area (Å²) in [6, 6.07) is 22.2. The number of nitrogens with one attached hydrogen (secondary N) is 10. The molecule has 0 saturated heterocycles. The maximum absolute atomic E-state index is 14.0. The molecule has 1 aliphatic rings. The molecule has 0 fully saturated rings. The van der Waals surface area contributed by atoms with E-state index in [1.54, 1.807) is 59.5 Å². The topological polar surface area (TPSA) is 494 Å². The van der Waals surface area contributed by atoms with Gasteiger partial charge in [-0.05, 0) is 90.2 Å². The number of aliphatic carboxylic acids is 3. The van der Waals surface area contributed by atoms with Crippen LogP contribution in [0, 0.1) is 0 Å². The number of aromatic hydroxyl groups is 1. The van der Waals surface area contributed by atoms with Gasteiger partial charge < -0.3 is 84.0 Å². The number of nitrogens with zero attached hydrogens (tertiary/aromatic N) is 4. The fourth-order valence-corrected chi connectivity index (χ4v) is 12.7. The van der Waals surface area contributed by atoms with Crippen LogP contribution in [0.3, 0.4) is 0 Å². The van der Waals surface area contributed by atoms with E-state index in [0.29, 0.717) is 62.5 Å². The lowest BCUT2D eigenvalue weighted by molar-refractivity contribution is -0.143. The van der Waals surface area contributed by atoms with Crippen LogP contribution in [0.2, 0.25) is 0 Å². The summed E-state index contributed by atoms with van der Waals surface area (Å²) in [5.41, 5.74) is 16.4. The van der Waals surface area contributed by atoms with Crippen molar-refractivity contribution in [2.75, 3.05) is 51.2 Å². The van der Waals surface area contributed by atoms with Gasteiger partial charge in [-0.15, -0.1) is 0 Å². The molecule has 5 atom stereocenters. The Morgan fingerprint density at radius 1 is 0.698 bits per heavy atom. The zero-order valence-corrected chi connectivity index (χ0v) is 52.3. The Kier molecular flexibility index (Phi) is 20.7. The van der Waals surface area contributed by atoms with E-state index in [-0.39, 0.29) is 76.3 Å². The lowest BCUT2D eigenvalue weighted by Crippen LogP contribution is -2.57.